The molecule has 0 aliphatic carbocycles. The van der Waals surface area contributed by atoms with Crippen molar-refractivity contribution in [2.75, 3.05) is 13.7 Å². The molecule has 0 heterocycles. The maximum Gasteiger partial charge on any atom is 0.127 e. The minimum atomic E-state index is -0.227. The summed E-state index contributed by atoms with van der Waals surface area (Å²) in [5, 5.41) is 3.89. The normalized spacial score (nSPS) is 14.4. The topological polar surface area (TPSA) is 21.3 Å². The molecule has 2 atom stereocenters. The maximum absolute atomic E-state index is 13.8. The van der Waals surface area contributed by atoms with Crippen LogP contribution in [0.4, 0.5) is 4.39 Å². The van der Waals surface area contributed by atoms with Crippen molar-refractivity contribution in [2.24, 2.45) is 0 Å². The predicted octanol–water partition coefficient (Wildman–Crippen LogP) is 3.81. The second-order valence-corrected chi connectivity index (χ2v) is 5.19. The molecule has 19 heavy (non-hydrogen) atoms. The van der Waals surface area contributed by atoms with E-state index in [0.717, 1.165) is 19.4 Å². The molecule has 0 radical (unpaired) electrons. The summed E-state index contributed by atoms with van der Waals surface area (Å²) in [6.07, 6.45) is 2.71. The number of nitrogens with one attached hydrogen (secondary N) is 1. The lowest BCUT2D eigenvalue weighted by Crippen LogP contribution is -2.32. The van der Waals surface area contributed by atoms with Crippen LogP contribution in [0.15, 0.2) is 18.2 Å². The standard InChI is InChI=1S/C15H23ClFNO/c1-4-18-12(9-8-11(2)19-3)10-13-14(16)6-5-7-15(13)17/h5-7,11-12,18H,4,8-10H2,1-3H3. The van der Waals surface area contributed by atoms with Crippen LogP contribution in [0.25, 0.3) is 0 Å². The van der Waals surface area contributed by atoms with Crippen molar-refractivity contribution in [1.29, 1.82) is 0 Å². The van der Waals surface area contributed by atoms with Crippen LogP contribution in [0.3, 0.4) is 0 Å². The third-order valence-electron chi connectivity index (χ3n) is 3.33. The molecule has 2 unspecified atom stereocenters. The molecule has 0 saturated heterocycles. The first-order valence-electron chi connectivity index (χ1n) is 6.77. The molecule has 1 N–H and O–H groups in total. The zero-order valence-corrected chi connectivity index (χ0v) is 12.6. The van der Waals surface area contributed by atoms with Gasteiger partial charge in [0.1, 0.15) is 5.82 Å². The van der Waals surface area contributed by atoms with E-state index in [-0.39, 0.29) is 18.0 Å². The molecular formula is C15H23ClFNO. The van der Waals surface area contributed by atoms with Gasteiger partial charge in [-0.1, -0.05) is 24.6 Å². The van der Waals surface area contributed by atoms with Crippen molar-refractivity contribution >= 4 is 11.6 Å². The average molecular weight is 288 g/mol. The van der Waals surface area contributed by atoms with Gasteiger partial charge in [-0.3, -0.25) is 0 Å². The molecule has 0 bridgehead atoms. The fourth-order valence-corrected chi connectivity index (χ4v) is 2.33. The van der Waals surface area contributed by atoms with Gasteiger partial charge in [-0.15, -0.1) is 0 Å². The zero-order chi connectivity index (χ0) is 14.3. The Morgan fingerprint density at radius 1 is 1.37 bits per heavy atom. The monoisotopic (exact) mass is 287 g/mol. The van der Waals surface area contributed by atoms with Crippen molar-refractivity contribution in [3.63, 3.8) is 0 Å². The first-order valence-corrected chi connectivity index (χ1v) is 7.15. The van der Waals surface area contributed by atoms with E-state index in [1.807, 2.05) is 6.92 Å². The minimum Gasteiger partial charge on any atom is -0.382 e. The van der Waals surface area contributed by atoms with E-state index in [9.17, 15) is 4.39 Å². The number of likely N-dealkylation sites (N-methyl/N-ethyl adjacent to an activating group) is 1. The quantitative estimate of drug-likeness (QED) is 0.785. The molecule has 1 aromatic carbocycles. The van der Waals surface area contributed by atoms with Crippen molar-refractivity contribution in [1.82, 2.24) is 5.32 Å². The van der Waals surface area contributed by atoms with E-state index in [0.29, 0.717) is 17.0 Å². The third-order valence-corrected chi connectivity index (χ3v) is 3.68. The highest BCUT2D eigenvalue weighted by molar-refractivity contribution is 6.31. The first-order chi connectivity index (χ1) is 9.08. The highest BCUT2D eigenvalue weighted by atomic mass is 35.5. The summed E-state index contributed by atoms with van der Waals surface area (Å²) in [5.74, 6) is -0.227. The lowest BCUT2D eigenvalue weighted by molar-refractivity contribution is 0.106. The lowest BCUT2D eigenvalue weighted by atomic mass is 10.00. The number of rotatable bonds is 8. The number of ether oxygens (including phenoxy) is 1. The van der Waals surface area contributed by atoms with E-state index in [2.05, 4.69) is 12.2 Å². The van der Waals surface area contributed by atoms with Crippen LogP contribution < -0.4 is 5.32 Å². The summed E-state index contributed by atoms with van der Waals surface area (Å²) in [6.45, 7) is 4.95. The maximum atomic E-state index is 13.8. The summed E-state index contributed by atoms with van der Waals surface area (Å²) in [4.78, 5) is 0. The van der Waals surface area contributed by atoms with E-state index < -0.39 is 0 Å². The Kier molecular flexibility index (Phi) is 7.36. The summed E-state index contributed by atoms with van der Waals surface area (Å²) in [6, 6.07) is 5.05. The Bertz CT molecular complexity index is 366. The smallest absolute Gasteiger partial charge is 0.127 e. The van der Waals surface area contributed by atoms with Crippen LogP contribution in [0.5, 0.6) is 0 Å². The number of hydrogen-bond donors (Lipinski definition) is 1. The van der Waals surface area contributed by atoms with Crippen LogP contribution in [0.2, 0.25) is 5.02 Å². The second kappa shape index (κ2) is 8.51. The van der Waals surface area contributed by atoms with E-state index >= 15 is 0 Å². The molecule has 2 nitrogen and oxygen atoms in total. The van der Waals surface area contributed by atoms with Gasteiger partial charge in [-0.25, -0.2) is 4.39 Å². The Morgan fingerprint density at radius 2 is 2.11 bits per heavy atom. The lowest BCUT2D eigenvalue weighted by Gasteiger charge is -2.20. The van der Waals surface area contributed by atoms with Crippen molar-refractivity contribution in [2.45, 2.75) is 45.3 Å². The number of halogens is 2. The Hall–Kier alpha value is -0.640. The van der Waals surface area contributed by atoms with Crippen LogP contribution >= 0.6 is 11.6 Å². The molecule has 0 spiro atoms. The number of methoxy groups -OCH3 is 1. The van der Waals surface area contributed by atoms with Crippen LogP contribution in [-0.4, -0.2) is 25.8 Å². The van der Waals surface area contributed by atoms with Gasteiger partial charge in [0.05, 0.1) is 6.10 Å². The predicted molar refractivity (Wildman–Crippen MR) is 78.3 cm³/mol. The molecular weight excluding hydrogens is 265 g/mol. The fraction of sp³-hybridized carbons (Fsp3) is 0.600. The highest BCUT2D eigenvalue weighted by Gasteiger charge is 2.15. The average Bonchev–Trinajstić information content (AvgIpc) is 2.39. The van der Waals surface area contributed by atoms with Gasteiger partial charge < -0.3 is 10.1 Å². The highest BCUT2D eigenvalue weighted by Crippen LogP contribution is 2.21. The largest absolute Gasteiger partial charge is 0.382 e. The van der Waals surface area contributed by atoms with E-state index in [1.165, 1.54) is 6.07 Å². The molecule has 0 saturated carbocycles. The first kappa shape index (κ1) is 16.4. The Morgan fingerprint density at radius 3 is 2.68 bits per heavy atom. The summed E-state index contributed by atoms with van der Waals surface area (Å²) >= 11 is 6.07. The zero-order valence-electron chi connectivity index (χ0n) is 11.9. The molecule has 1 rings (SSSR count). The van der Waals surface area contributed by atoms with E-state index in [4.69, 9.17) is 16.3 Å². The molecule has 0 aliphatic rings. The third kappa shape index (κ3) is 5.47. The fourth-order valence-electron chi connectivity index (χ4n) is 2.09. The van der Waals surface area contributed by atoms with Gasteiger partial charge in [-0.05, 0) is 44.9 Å². The molecule has 0 fully saturated rings. The van der Waals surface area contributed by atoms with Gasteiger partial charge >= 0.3 is 0 Å². The number of benzene rings is 1. The minimum absolute atomic E-state index is 0.219. The number of hydrogen-bond acceptors (Lipinski definition) is 2. The molecule has 0 aromatic heterocycles. The summed E-state index contributed by atoms with van der Waals surface area (Å²) in [5.41, 5.74) is 0.597. The molecule has 0 amide bonds. The molecule has 0 aliphatic heterocycles. The van der Waals surface area contributed by atoms with Crippen LogP contribution in [0.1, 0.15) is 32.3 Å². The molecule has 4 heteroatoms. The van der Waals surface area contributed by atoms with Crippen molar-refractivity contribution in [3.8, 4) is 0 Å². The van der Waals surface area contributed by atoms with E-state index in [1.54, 1.807) is 19.2 Å². The van der Waals surface area contributed by atoms with Crippen LogP contribution in [-0.2, 0) is 11.2 Å². The molecule has 1 aromatic rings. The van der Waals surface area contributed by atoms with Crippen LogP contribution in [0, 0.1) is 5.82 Å². The van der Waals surface area contributed by atoms with Gasteiger partial charge in [0.2, 0.25) is 0 Å². The molecule has 108 valence electrons. The van der Waals surface area contributed by atoms with Gasteiger partial charge in [0.15, 0.2) is 0 Å². The second-order valence-electron chi connectivity index (χ2n) is 4.78. The van der Waals surface area contributed by atoms with Gasteiger partial charge in [-0.2, -0.15) is 0 Å². The van der Waals surface area contributed by atoms with Crippen molar-refractivity contribution in [3.05, 3.63) is 34.6 Å². The summed E-state index contributed by atoms with van der Waals surface area (Å²) < 4.78 is 19.0. The van der Waals surface area contributed by atoms with Gasteiger partial charge in [0.25, 0.3) is 0 Å². The van der Waals surface area contributed by atoms with Crippen molar-refractivity contribution < 1.29 is 9.13 Å². The van der Waals surface area contributed by atoms with Gasteiger partial charge in [0, 0.05) is 23.7 Å². The summed E-state index contributed by atoms with van der Waals surface area (Å²) in [7, 11) is 1.71. The Balaban J connectivity index is 2.67. The Labute approximate surface area is 120 Å². The SMILES string of the molecule is CCNC(CCC(C)OC)Cc1c(F)cccc1Cl.